The molecule has 0 aromatic heterocycles. The fraction of sp³-hybridized carbons (Fsp3) is 0.500. The second-order valence-corrected chi connectivity index (χ2v) is 5.01. The number of benzene rings is 1. The molecule has 1 aromatic rings. The lowest BCUT2D eigenvalue weighted by molar-refractivity contribution is 0.434. The highest BCUT2D eigenvalue weighted by molar-refractivity contribution is 6.32. The molecule has 0 fully saturated rings. The van der Waals surface area contributed by atoms with Gasteiger partial charge in [-0.05, 0) is 51.3 Å². The van der Waals surface area contributed by atoms with Crippen molar-refractivity contribution in [1.29, 1.82) is 0 Å². The number of halogens is 1. The molecule has 3 heteroatoms. The predicted octanol–water partition coefficient (Wildman–Crippen LogP) is 3.16. The molecule has 0 radical (unpaired) electrons. The van der Waals surface area contributed by atoms with Crippen LogP contribution in [-0.4, -0.2) is 5.11 Å². The Kier molecular flexibility index (Phi) is 3.04. The van der Waals surface area contributed by atoms with Crippen LogP contribution in [-0.2, 0) is 5.54 Å². The maximum absolute atomic E-state index is 10.1. The van der Waals surface area contributed by atoms with Crippen molar-refractivity contribution in [2.45, 2.75) is 40.2 Å². The maximum atomic E-state index is 10.1. The van der Waals surface area contributed by atoms with Gasteiger partial charge in [-0.15, -0.1) is 0 Å². The van der Waals surface area contributed by atoms with Crippen molar-refractivity contribution in [3.8, 4) is 5.75 Å². The molecule has 0 aliphatic rings. The van der Waals surface area contributed by atoms with Crippen LogP contribution in [0, 0.1) is 20.8 Å². The highest BCUT2D eigenvalue weighted by Crippen LogP contribution is 2.39. The molecule has 0 spiro atoms. The summed E-state index contributed by atoms with van der Waals surface area (Å²) < 4.78 is 0. The van der Waals surface area contributed by atoms with Gasteiger partial charge in [0.25, 0.3) is 0 Å². The lowest BCUT2D eigenvalue weighted by Crippen LogP contribution is -2.30. The lowest BCUT2D eigenvalue weighted by Gasteiger charge is -2.26. The third-order valence-electron chi connectivity index (χ3n) is 2.83. The molecule has 0 unspecified atom stereocenters. The summed E-state index contributed by atoms with van der Waals surface area (Å²) >= 11 is 6.20. The standard InChI is InChI=1S/C12H18ClNO/c1-6-7(2)11(15)9(12(4,5)14)8(3)10(6)13/h15H,14H2,1-5H3. The van der Waals surface area contributed by atoms with E-state index >= 15 is 0 Å². The fourth-order valence-electron chi connectivity index (χ4n) is 1.89. The van der Waals surface area contributed by atoms with Gasteiger partial charge in [0.05, 0.1) is 0 Å². The number of phenolic OH excluding ortho intramolecular Hbond substituents is 1. The summed E-state index contributed by atoms with van der Waals surface area (Å²) in [6.45, 7) is 9.36. The molecular weight excluding hydrogens is 210 g/mol. The van der Waals surface area contributed by atoms with Gasteiger partial charge in [-0.25, -0.2) is 0 Å². The van der Waals surface area contributed by atoms with E-state index in [1.165, 1.54) is 0 Å². The fourth-order valence-corrected chi connectivity index (χ4v) is 2.12. The molecule has 0 bridgehead atoms. The number of hydrogen-bond donors (Lipinski definition) is 2. The Morgan fingerprint density at radius 2 is 1.53 bits per heavy atom. The third kappa shape index (κ3) is 1.97. The molecule has 0 amide bonds. The molecular formula is C12H18ClNO. The summed E-state index contributed by atoms with van der Waals surface area (Å²) in [4.78, 5) is 0. The summed E-state index contributed by atoms with van der Waals surface area (Å²) in [7, 11) is 0. The molecule has 0 atom stereocenters. The molecule has 84 valence electrons. The van der Waals surface area contributed by atoms with E-state index in [4.69, 9.17) is 17.3 Å². The Balaban J connectivity index is 3.68. The van der Waals surface area contributed by atoms with Crippen LogP contribution in [0.1, 0.15) is 36.1 Å². The average Bonchev–Trinajstić information content (AvgIpc) is 2.09. The number of rotatable bonds is 1. The molecule has 2 nitrogen and oxygen atoms in total. The van der Waals surface area contributed by atoms with Gasteiger partial charge in [-0.1, -0.05) is 11.6 Å². The molecule has 0 aliphatic carbocycles. The van der Waals surface area contributed by atoms with Gasteiger partial charge in [0.2, 0.25) is 0 Å². The summed E-state index contributed by atoms with van der Waals surface area (Å²) in [6, 6.07) is 0. The van der Waals surface area contributed by atoms with Crippen molar-refractivity contribution in [3.05, 3.63) is 27.3 Å². The van der Waals surface area contributed by atoms with Crippen LogP contribution in [0.4, 0.5) is 0 Å². The number of nitrogens with two attached hydrogens (primary N) is 1. The van der Waals surface area contributed by atoms with Gasteiger partial charge in [0.15, 0.2) is 0 Å². The molecule has 15 heavy (non-hydrogen) atoms. The lowest BCUT2D eigenvalue weighted by atomic mass is 9.87. The Bertz CT molecular complexity index is 376. The Labute approximate surface area is 96.1 Å². The molecule has 1 rings (SSSR count). The van der Waals surface area contributed by atoms with E-state index < -0.39 is 5.54 Å². The van der Waals surface area contributed by atoms with Crippen LogP contribution < -0.4 is 5.73 Å². The average molecular weight is 228 g/mol. The second-order valence-electron chi connectivity index (χ2n) is 4.63. The molecule has 0 saturated carbocycles. The van der Waals surface area contributed by atoms with Crippen molar-refractivity contribution >= 4 is 11.6 Å². The smallest absolute Gasteiger partial charge is 0.124 e. The first-order chi connectivity index (χ1) is 6.68. The quantitative estimate of drug-likeness (QED) is 0.774. The Morgan fingerprint density at radius 3 is 1.93 bits per heavy atom. The van der Waals surface area contributed by atoms with E-state index in [2.05, 4.69) is 0 Å². The summed E-state index contributed by atoms with van der Waals surface area (Å²) in [5.74, 6) is 0.266. The van der Waals surface area contributed by atoms with Crippen LogP contribution in [0.3, 0.4) is 0 Å². The zero-order valence-electron chi connectivity index (χ0n) is 9.90. The van der Waals surface area contributed by atoms with Gasteiger partial charge in [-0.2, -0.15) is 0 Å². The predicted molar refractivity (Wildman–Crippen MR) is 64.5 cm³/mol. The monoisotopic (exact) mass is 227 g/mol. The summed E-state index contributed by atoms with van der Waals surface area (Å²) in [5, 5.41) is 10.8. The minimum atomic E-state index is -0.587. The minimum Gasteiger partial charge on any atom is -0.507 e. The zero-order chi connectivity index (χ0) is 12.0. The van der Waals surface area contributed by atoms with E-state index in [1.54, 1.807) is 0 Å². The number of hydrogen-bond acceptors (Lipinski definition) is 2. The SMILES string of the molecule is Cc1c(C)c(Cl)c(C)c(C(C)(C)N)c1O. The largest absolute Gasteiger partial charge is 0.507 e. The third-order valence-corrected chi connectivity index (χ3v) is 3.40. The summed E-state index contributed by atoms with van der Waals surface area (Å²) in [6.07, 6.45) is 0. The van der Waals surface area contributed by atoms with Crippen molar-refractivity contribution in [3.63, 3.8) is 0 Å². The van der Waals surface area contributed by atoms with E-state index in [9.17, 15) is 5.11 Å². The molecule has 1 aromatic carbocycles. The summed E-state index contributed by atoms with van der Waals surface area (Å²) in [5.41, 5.74) is 8.76. The van der Waals surface area contributed by atoms with Gasteiger partial charge in [0, 0.05) is 16.1 Å². The Hall–Kier alpha value is -0.730. The number of aromatic hydroxyl groups is 1. The first kappa shape index (κ1) is 12.3. The molecule has 3 N–H and O–H groups in total. The van der Waals surface area contributed by atoms with Crippen LogP contribution in [0.5, 0.6) is 5.75 Å². The van der Waals surface area contributed by atoms with Crippen LogP contribution in [0.2, 0.25) is 5.02 Å². The van der Waals surface area contributed by atoms with E-state index in [1.807, 2.05) is 34.6 Å². The van der Waals surface area contributed by atoms with Gasteiger partial charge < -0.3 is 10.8 Å². The van der Waals surface area contributed by atoms with E-state index in [-0.39, 0.29) is 5.75 Å². The van der Waals surface area contributed by atoms with E-state index in [0.717, 1.165) is 22.3 Å². The molecule has 0 heterocycles. The van der Waals surface area contributed by atoms with Crippen LogP contribution in [0.15, 0.2) is 0 Å². The first-order valence-electron chi connectivity index (χ1n) is 4.95. The highest BCUT2D eigenvalue weighted by atomic mass is 35.5. The molecule has 0 aliphatic heterocycles. The van der Waals surface area contributed by atoms with Crippen molar-refractivity contribution < 1.29 is 5.11 Å². The van der Waals surface area contributed by atoms with Gasteiger partial charge in [0.1, 0.15) is 5.75 Å². The second kappa shape index (κ2) is 3.69. The highest BCUT2D eigenvalue weighted by Gasteiger charge is 2.25. The first-order valence-corrected chi connectivity index (χ1v) is 5.33. The van der Waals surface area contributed by atoms with Crippen molar-refractivity contribution in [2.75, 3.05) is 0 Å². The normalized spacial score (nSPS) is 11.9. The van der Waals surface area contributed by atoms with Crippen molar-refractivity contribution in [2.24, 2.45) is 5.73 Å². The van der Waals surface area contributed by atoms with E-state index in [0.29, 0.717) is 5.02 Å². The van der Waals surface area contributed by atoms with Gasteiger partial charge >= 0.3 is 0 Å². The number of phenols is 1. The minimum absolute atomic E-state index is 0.266. The topological polar surface area (TPSA) is 46.2 Å². The van der Waals surface area contributed by atoms with Gasteiger partial charge in [-0.3, -0.25) is 0 Å². The van der Waals surface area contributed by atoms with Crippen LogP contribution >= 0.6 is 11.6 Å². The molecule has 0 saturated heterocycles. The Morgan fingerprint density at radius 1 is 1.07 bits per heavy atom. The van der Waals surface area contributed by atoms with Crippen molar-refractivity contribution in [1.82, 2.24) is 0 Å². The maximum Gasteiger partial charge on any atom is 0.124 e. The van der Waals surface area contributed by atoms with Crippen LogP contribution in [0.25, 0.3) is 0 Å². The zero-order valence-corrected chi connectivity index (χ0v) is 10.7.